The van der Waals surface area contributed by atoms with Crippen molar-refractivity contribution in [3.8, 4) is 0 Å². The predicted octanol–water partition coefficient (Wildman–Crippen LogP) is 1.91. The standard InChI is InChI=1S/C18H18N4O3/c23-16-13(4-3-9-19-16)17(24)20-12-7-10-22(11-8-12)18-21-14-5-1-2-6-15(14)25-18/h1-6,9,12H,7-8,10-11H2,(H,19,23)(H,20,24). The summed E-state index contributed by atoms with van der Waals surface area (Å²) >= 11 is 0. The number of carbonyl (C=O) groups is 1. The number of aromatic amines is 1. The van der Waals surface area contributed by atoms with Gasteiger partial charge in [0.25, 0.3) is 17.5 Å². The van der Waals surface area contributed by atoms with E-state index < -0.39 is 0 Å². The number of rotatable bonds is 3. The van der Waals surface area contributed by atoms with Gasteiger partial charge in [0, 0.05) is 25.3 Å². The Morgan fingerprint density at radius 1 is 1.20 bits per heavy atom. The van der Waals surface area contributed by atoms with Gasteiger partial charge >= 0.3 is 0 Å². The second-order valence-corrected chi connectivity index (χ2v) is 6.11. The molecule has 0 aliphatic carbocycles. The number of aromatic nitrogens is 2. The number of H-pyrrole nitrogens is 1. The van der Waals surface area contributed by atoms with Gasteiger partial charge < -0.3 is 19.6 Å². The summed E-state index contributed by atoms with van der Waals surface area (Å²) in [5, 5.41) is 2.94. The van der Waals surface area contributed by atoms with Crippen LogP contribution in [0.1, 0.15) is 23.2 Å². The lowest BCUT2D eigenvalue weighted by atomic mass is 10.0. The molecule has 1 aliphatic rings. The Balaban J connectivity index is 1.39. The average Bonchev–Trinajstić information content (AvgIpc) is 3.07. The minimum atomic E-state index is -0.371. The summed E-state index contributed by atoms with van der Waals surface area (Å²) in [6.07, 6.45) is 3.06. The molecule has 1 aromatic carbocycles. The fourth-order valence-corrected chi connectivity index (χ4v) is 3.07. The number of benzene rings is 1. The fourth-order valence-electron chi connectivity index (χ4n) is 3.07. The number of hydrogen-bond donors (Lipinski definition) is 2. The van der Waals surface area contributed by atoms with Gasteiger partial charge in [-0.3, -0.25) is 9.59 Å². The molecule has 0 spiro atoms. The Labute approximate surface area is 143 Å². The minimum absolute atomic E-state index is 0.0349. The molecule has 7 nitrogen and oxygen atoms in total. The van der Waals surface area contributed by atoms with Crippen LogP contribution in [0.5, 0.6) is 0 Å². The maximum absolute atomic E-state index is 12.2. The van der Waals surface area contributed by atoms with Crippen molar-refractivity contribution in [2.24, 2.45) is 0 Å². The van der Waals surface area contributed by atoms with Gasteiger partial charge in [0.15, 0.2) is 5.58 Å². The van der Waals surface area contributed by atoms with Crippen LogP contribution >= 0.6 is 0 Å². The molecule has 1 aliphatic heterocycles. The number of carbonyl (C=O) groups excluding carboxylic acids is 1. The average molecular weight is 338 g/mol. The van der Waals surface area contributed by atoms with Crippen molar-refractivity contribution < 1.29 is 9.21 Å². The van der Waals surface area contributed by atoms with E-state index in [4.69, 9.17) is 4.42 Å². The summed E-state index contributed by atoms with van der Waals surface area (Å²) in [7, 11) is 0. The molecule has 1 fully saturated rings. The van der Waals surface area contributed by atoms with Crippen LogP contribution < -0.4 is 15.8 Å². The number of nitrogens with one attached hydrogen (secondary N) is 2. The van der Waals surface area contributed by atoms with Crippen molar-refractivity contribution in [3.05, 3.63) is 58.5 Å². The monoisotopic (exact) mass is 338 g/mol. The number of pyridine rings is 1. The number of oxazole rings is 1. The second-order valence-electron chi connectivity index (χ2n) is 6.11. The number of anilines is 1. The number of piperidine rings is 1. The quantitative estimate of drug-likeness (QED) is 0.761. The lowest BCUT2D eigenvalue weighted by Crippen LogP contribution is -2.45. The number of para-hydroxylation sites is 2. The Morgan fingerprint density at radius 2 is 2.00 bits per heavy atom. The van der Waals surface area contributed by atoms with Crippen molar-refractivity contribution in [2.45, 2.75) is 18.9 Å². The van der Waals surface area contributed by atoms with Gasteiger partial charge in [-0.25, -0.2) is 0 Å². The minimum Gasteiger partial charge on any atom is -0.423 e. The Kier molecular flexibility index (Phi) is 3.97. The topological polar surface area (TPSA) is 91.2 Å². The molecule has 3 aromatic rings. The first-order chi connectivity index (χ1) is 12.2. The third-order valence-electron chi connectivity index (χ3n) is 4.45. The molecular formula is C18H18N4O3. The van der Waals surface area contributed by atoms with Crippen molar-refractivity contribution >= 4 is 23.0 Å². The summed E-state index contributed by atoms with van der Waals surface area (Å²) in [6.45, 7) is 1.48. The number of nitrogens with zero attached hydrogens (tertiary/aromatic N) is 2. The predicted molar refractivity (Wildman–Crippen MR) is 93.8 cm³/mol. The van der Waals surface area contributed by atoms with Crippen LogP contribution in [0, 0.1) is 0 Å². The molecule has 7 heteroatoms. The Bertz CT molecular complexity index is 921. The van der Waals surface area contributed by atoms with Crippen LogP contribution in [0.15, 0.2) is 51.8 Å². The highest BCUT2D eigenvalue weighted by molar-refractivity contribution is 5.93. The Morgan fingerprint density at radius 3 is 2.76 bits per heavy atom. The van der Waals surface area contributed by atoms with E-state index >= 15 is 0 Å². The van der Waals surface area contributed by atoms with Gasteiger partial charge in [-0.1, -0.05) is 12.1 Å². The lowest BCUT2D eigenvalue weighted by Gasteiger charge is -2.31. The zero-order chi connectivity index (χ0) is 17.2. The molecule has 2 aromatic heterocycles. The third-order valence-corrected chi connectivity index (χ3v) is 4.45. The highest BCUT2D eigenvalue weighted by Crippen LogP contribution is 2.24. The lowest BCUT2D eigenvalue weighted by molar-refractivity contribution is 0.0929. The largest absolute Gasteiger partial charge is 0.423 e. The van der Waals surface area contributed by atoms with Gasteiger partial charge in [-0.05, 0) is 37.1 Å². The smallest absolute Gasteiger partial charge is 0.298 e. The normalized spacial score (nSPS) is 15.4. The molecule has 4 rings (SSSR count). The number of amides is 1. The van der Waals surface area contributed by atoms with Crippen LogP contribution in [-0.4, -0.2) is 35.0 Å². The van der Waals surface area contributed by atoms with Crippen LogP contribution in [-0.2, 0) is 0 Å². The maximum atomic E-state index is 12.2. The van der Waals surface area contributed by atoms with E-state index in [2.05, 4.69) is 20.2 Å². The van der Waals surface area contributed by atoms with E-state index in [1.807, 2.05) is 24.3 Å². The van der Waals surface area contributed by atoms with Crippen molar-refractivity contribution in [3.63, 3.8) is 0 Å². The molecular weight excluding hydrogens is 320 g/mol. The summed E-state index contributed by atoms with van der Waals surface area (Å²) in [6, 6.07) is 11.5. The van der Waals surface area contributed by atoms with Crippen LogP contribution in [0.3, 0.4) is 0 Å². The van der Waals surface area contributed by atoms with Crippen molar-refractivity contribution in [1.29, 1.82) is 0 Å². The summed E-state index contributed by atoms with van der Waals surface area (Å²) in [5.41, 5.74) is 1.39. The highest BCUT2D eigenvalue weighted by atomic mass is 16.4. The SMILES string of the molecule is O=C(NC1CCN(c2nc3ccccc3o2)CC1)c1ccc[nH]c1=O. The molecule has 1 amide bonds. The van der Waals surface area contributed by atoms with Gasteiger partial charge in [-0.15, -0.1) is 0 Å². The third kappa shape index (κ3) is 3.13. The maximum Gasteiger partial charge on any atom is 0.298 e. The van der Waals surface area contributed by atoms with Crippen molar-refractivity contribution in [1.82, 2.24) is 15.3 Å². The first-order valence-electron chi connectivity index (χ1n) is 8.30. The van der Waals surface area contributed by atoms with E-state index in [0.29, 0.717) is 6.01 Å². The zero-order valence-electron chi connectivity index (χ0n) is 13.6. The Hall–Kier alpha value is -3.09. The van der Waals surface area contributed by atoms with Crippen LogP contribution in [0.25, 0.3) is 11.1 Å². The fraction of sp³-hybridized carbons (Fsp3) is 0.278. The summed E-state index contributed by atoms with van der Waals surface area (Å²) in [4.78, 5) is 33.0. The summed E-state index contributed by atoms with van der Waals surface area (Å²) < 4.78 is 5.79. The molecule has 25 heavy (non-hydrogen) atoms. The molecule has 0 atom stereocenters. The van der Waals surface area contributed by atoms with E-state index in [0.717, 1.165) is 37.0 Å². The molecule has 1 saturated heterocycles. The van der Waals surface area contributed by atoms with Crippen LogP contribution in [0.4, 0.5) is 6.01 Å². The second kappa shape index (κ2) is 6.43. The van der Waals surface area contributed by atoms with Crippen LogP contribution in [0.2, 0.25) is 0 Å². The van der Waals surface area contributed by atoms with Gasteiger partial charge in [0.2, 0.25) is 0 Å². The van der Waals surface area contributed by atoms with E-state index in [-0.39, 0.29) is 23.1 Å². The van der Waals surface area contributed by atoms with E-state index in [9.17, 15) is 9.59 Å². The molecule has 128 valence electrons. The van der Waals surface area contributed by atoms with E-state index in [1.54, 1.807) is 6.07 Å². The molecule has 3 heterocycles. The van der Waals surface area contributed by atoms with Gasteiger partial charge in [0.1, 0.15) is 11.1 Å². The number of hydrogen-bond acceptors (Lipinski definition) is 5. The highest BCUT2D eigenvalue weighted by Gasteiger charge is 2.24. The first-order valence-corrected chi connectivity index (χ1v) is 8.30. The van der Waals surface area contributed by atoms with Gasteiger partial charge in [0.05, 0.1) is 0 Å². The first kappa shape index (κ1) is 15.4. The van der Waals surface area contributed by atoms with E-state index in [1.165, 1.54) is 12.3 Å². The van der Waals surface area contributed by atoms with Crippen molar-refractivity contribution in [2.75, 3.05) is 18.0 Å². The molecule has 0 unspecified atom stereocenters. The molecule has 0 bridgehead atoms. The molecule has 0 saturated carbocycles. The summed E-state index contributed by atoms with van der Waals surface area (Å²) in [5.74, 6) is -0.331. The molecule has 0 radical (unpaired) electrons. The van der Waals surface area contributed by atoms with Gasteiger partial charge in [-0.2, -0.15) is 4.98 Å². The molecule has 2 N–H and O–H groups in total. The number of fused-ring (bicyclic) bond motifs is 1. The zero-order valence-corrected chi connectivity index (χ0v) is 13.6.